The summed E-state index contributed by atoms with van der Waals surface area (Å²) in [5.74, 6) is -0.800. The van der Waals surface area contributed by atoms with E-state index in [1.54, 1.807) is 25.1 Å². The predicted molar refractivity (Wildman–Crippen MR) is 71.0 cm³/mol. The van der Waals surface area contributed by atoms with Crippen molar-refractivity contribution < 1.29 is 19.1 Å². The number of esters is 1. The van der Waals surface area contributed by atoms with E-state index in [2.05, 4.69) is 10.1 Å². The number of carbonyl (C=O) groups excluding carboxylic acids is 2. The zero-order valence-corrected chi connectivity index (χ0v) is 11.2. The SMILES string of the molecule is COC(=O)c1cccc(NC(=O)C(CN)OC)c1C. The van der Waals surface area contributed by atoms with Crippen LogP contribution in [-0.4, -0.2) is 38.7 Å². The maximum absolute atomic E-state index is 11.8. The van der Waals surface area contributed by atoms with E-state index in [0.717, 1.165) is 0 Å². The van der Waals surface area contributed by atoms with Gasteiger partial charge in [0.05, 0.1) is 12.7 Å². The first-order valence-corrected chi connectivity index (χ1v) is 5.76. The summed E-state index contributed by atoms with van der Waals surface area (Å²) in [6.45, 7) is 1.81. The molecule has 0 aliphatic rings. The molecule has 0 radical (unpaired) electrons. The zero-order chi connectivity index (χ0) is 14.4. The minimum atomic E-state index is -0.721. The lowest BCUT2D eigenvalue weighted by Crippen LogP contribution is -2.36. The first-order chi connectivity index (χ1) is 9.04. The van der Waals surface area contributed by atoms with Crippen LogP contribution in [-0.2, 0) is 14.3 Å². The summed E-state index contributed by atoms with van der Waals surface area (Å²) in [7, 11) is 2.72. The van der Waals surface area contributed by atoms with Gasteiger partial charge in [-0.2, -0.15) is 0 Å². The van der Waals surface area contributed by atoms with E-state index in [1.165, 1.54) is 14.2 Å². The zero-order valence-electron chi connectivity index (χ0n) is 11.2. The Labute approximate surface area is 111 Å². The number of anilines is 1. The van der Waals surface area contributed by atoms with Crippen molar-refractivity contribution in [3.8, 4) is 0 Å². The molecule has 1 amide bonds. The van der Waals surface area contributed by atoms with Crippen LogP contribution in [0.15, 0.2) is 18.2 Å². The predicted octanol–water partition coefficient (Wildman–Crippen LogP) is 0.694. The smallest absolute Gasteiger partial charge is 0.338 e. The molecule has 0 aliphatic heterocycles. The topological polar surface area (TPSA) is 90.7 Å². The molecule has 0 spiro atoms. The molecular weight excluding hydrogens is 248 g/mol. The molecule has 0 bridgehead atoms. The van der Waals surface area contributed by atoms with E-state index in [0.29, 0.717) is 16.8 Å². The van der Waals surface area contributed by atoms with Gasteiger partial charge in [-0.15, -0.1) is 0 Å². The van der Waals surface area contributed by atoms with Gasteiger partial charge in [-0.3, -0.25) is 4.79 Å². The number of rotatable bonds is 5. The second-order valence-corrected chi connectivity index (χ2v) is 3.92. The van der Waals surface area contributed by atoms with Gasteiger partial charge in [0.15, 0.2) is 0 Å². The molecular formula is C13H18N2O4. The van der Waals surface area contributed by atoms with Crippen molar-refractivity contribution in [3.63, 3.8) is 0 Å². The molecule has 6 heteroatoms. The van der Waals surface area contributed by atoms with E-state index in [9.17, 15) is 9.59 Å². The molecule has 19 heavy (non-hydrogen) atoms. The molecule has 3 N–H and O–H groups in total. The fourth-order valence-electron chi connectivity index (χ4n) is 1.63. The first-order valence-electron chi connectivity index (χ1n) is 5.76. The van der Waals surface area contributed by atoms with Crippen LogP contribution in [0.5, 0.6) is 0 Å². The summed E-state index contributed by atoms with van der Waals surface area (Å²) < 4.78 is 9.61. The molecule has 1 atom stereocenters. The molecule has 0 aliphatic carbocycles. The average molecular weight is 266 g/mol. The van der Waals surface area contributed by atoms with Crippen LogP contribution >= 0.6 is 0 Å². The average Bonchev–Trinajstić information content (AvgIpc) is 2.41. The molecule has 0 saturated carbocycles. The highest BCUT2D eigenvalue weighted by Crippen LogP contribution is 2.20. The monoisotopic (exact) mass is 266 g/mol. The lowest BCUT2D eigenvalue weighted by Gasteiger charge is -2.15. The normalized spacial score (nSPS) is 11.8. The van der Waals surface area contributed by atoms with Gasteiger partial charge in [0.25, 0.3) is 5.91 Å². The number of benzene rings is 1. The van der Waals surface area contributed by atoms with E-state index in [1.807, 2.05) is 0 Å². The Bertz CT molecular complexity index is 470. The van der Waals surface area contributed by atoms with E-state index in [4.69, 9.17) is 10.5 Å². The third-order valence-corrected chi connectivity index (χ3v) is 2.79. The van der Waals surface area contributed by atoms with Crippen molar-refractivity contribution in [2.24, 2.45) is 5.73 Å². The Kier molecular flexibility index (Phi) is 5.47. The Morgan fingerprint density at radius 2 is 2.05 bits per heavy atom. The molecule has 104 valence electrons. The van der Waals surface area contributed by atoms with Gasteiger partial charge in [-0.1, -0.05) is 6.07 Å². The van der Waals surface area contributed by atoms with E-state index in [-0.39, 0.29) is 12.5 Å². The summed E-state index contributed by atoms with van der Waals surface area (Å²) in [6, 6.07) is 5.00. The van der Waals surface area contributed by atoms with Crippen molar-refractivity contribution in [1.29, 1.82) is 0 Å². The van der Waals surface area contributed by atoms with Crippen molar-refractivity contribution in [2.75, 3.05) is 26.1 Å². The van der Waals surface area contributed by atoms with Gasteiger partial charge in [0.2, 0.25) is 0 Å². The van der Waals surface area contributed by atoms with Gasteiger partial charge in [0.1, 0.15) is 6.10 Å². The number of hydrogen-bond acceptors (Lipinski definition) is 5. The quantitative estimate of drug-likeness (QED) is 0.765. The molecule has 1 unspecified atom stereocenters. The Hall–Kier alpha value is -1.92. The van der Waals surface area contributed by atoms with E-state index < -0.39 is 12.1 Å². The Balaban J connectivity index is 2.96. The van der Waals surface area contributed by atoms with Crippen LogP contribution < -0.4 is 11.1 Å². The molecule has 6 nitrogen and oxygen atoms in total. The van der Waals surface area contributed by atoms with E-state index >= 15 is 0 Å². The Morgan fingerprint density at radius 3 is 2.58 bits per heavy atom. The third kappa shape index (κ3) is 3.52. The van der Waals surface area contributed by atoms with Crippen molar-refractivity contribution in [3.05, 3.63) is 29.3 Å². The minimum absolute atomic E-state index is 0.0814. The number of nitrogens with one attached hydrogen (secondary N) is 1. The minimum Gasteiger partial charge on any atom is -0.465 e. The molecule has 1 aromatic rings. The van der Waals surface area contributed by atoms with Gasteiger partial charge in [0, 0.05) is 19.3 Å². The number of amides is 1. The standard InChI is InChI=1S/C13H18N2O4/c1-8-9(13(17)19-3)5-4-6-10(8)15-12(16)11(7-14)18-2/h4-6,11H,7,14H2,1-3H3,(H,15,16). The highest BCUT2D eigenvalue weighted by atomic mass is 16.5. The number of hydrogen-bond donors (Lipinski definition) is 2. The van der Waals surface area contributed by atoms with Gasteiger partial charge in [-0.05, 0) is 24.6 Å². The fourth-order valence-corrected chi connectivity index (χ4v) is 1.63. The second-order valence-electron chi connectivity index (χ2n) is 3.92. The molecule has 1 rings (SSSR count). The summed E-state index contributed by atoms with van der Waals surface area (Å²) >= 11 is 0. The lowest BCUT2D eigenvalue weighted by atomic mass is 10.1. The Morgan fingerprint density at radius 1 is 1.37 bits per heavy atom. The van der Waals surface area contributed by atoms with Crippen molar-refractivity contribution >= 4 is 17.6 Å². The first kappa shape index (κ1) is 15.1. The highest BCUT2D eigenvalue weighted by molar-refractivity contribution is 5.98. The number of methoxy groups -OCH3 is 2. The van der Waals surface area contributed by atoms with Gasteiger partial charge < -0.3 is 20.5 Å². The van der Waals surface area contributed by atoms with Crippen LogP contribution in [0, 0.1) is 6.92 Å². The number of nitrogens with two attached hydrogens (primary N) is 1. The summed E-state index contributed by atoms with van der Waals surface area (Å²) in [6.07, 6.45) is -0.721. The maximum atomic E-state index is 11.8. The van der Waals surface area contributed by atoms with Crippen molar-refractivity contribution in [1.82, 2.24) is 0 Å². The van der Waals surface area contributed by atoms with Crippen LogP contribution in [0.1, 0.15) is 15.9 Å². The number of carbonyl (C=O) groups is 2. The molecule has 0 saturated heterocycles. The van der Waals surface area contributed by atoms with Crippen LogP contribution in [0.3, 0.4) is 0 Å². The van der Waals surface area contributed by atoms with Gasteiger partial charge in [-0.25, -0.2) is 4.79 Å². The lowest BCUT2D eigenvalue weighted by molar-refractivity contribution is -0.125. The van der Waals surface area contributed by atoms with Crippen LogP contribution in [0.25, 0.3) is 0 Å². The summed E-state index contributed by atoms with van der Waals surface area (Å²) in [5.41, 5.74) is 6.99. The third-order valence-electron chi connectivity index (χ3n) is 2.79. The molecule has 0 fully saturated rings. The summed E-state index contributed by atoms with van der Waals surface area (Å²) in [4.78, 5) is 23.4. The van der Waals surface area contributed by atoms with Crippen LogP contribution in [0.4, 0.5) is 5.69 Å². The van der Waals surface area contributed by atoms with Crippen molar-refractivity contribution in [2.45, 2.75) is 13.0 Å². The second kappa shape index (κ2) is 6.86. The molecule has 0 heterocycles. The van der Waals surface area contributed by atoms with Gasteiger partial charge >= 0.3 is 5.97 Å². The summed E-state index contributed by atoms with van der Waals surface area (Å²) in [5, 5.41) is 2.68. The maximum Gasteiger partial charge on any atom is 0.338 e. The highest BCUT2D eigenvalue weighted by Gasteiger charge is 2.18. The molecule has 1 aromatic carbocycles. The van der Waals surface area contributed by atoms with Crippen LogP contribution in [0.2, 0.25) is 0 Å². The fraction of sp³-hybridized carbons (Fsp3) is 0.385. The molecule has 0 aromatic heterocycles. The number of ether oxygens (including phenoxy) is 2. The largest absolute Gasteiger partial charge is 0.465 e.